The van der Waals surface area contributed by atoms with E-state index in [0.717, 1.165) is 22.2 Å². The van der Waals surface area contributed by atoms with E-state index < -0.39 is 0 Å². The highest BCUT2D eigenvalue weighted by Gasteiger charge is 2.18. The maximum absolute atomic E-state index is 4.66. The van der Waals surface area contributed by atoms with Gasteiger partial charge >= 0.3 is 0 Å². The lowest BCUT2D eigenvalue weighted by Gasteiger charge is -2.17. The van der Waals surface area contributed by atoms with E-state index in [0.29, 0.717) is 0 Å². The standard InChI is InChI=1S/C46H28N2/c1-2-10-30-28-43-34(25-29(30)9-1)21-22-38-36(15-7-16-37(38)43)33-19-17-32-27-35(20-18-31(32)26-33)44-39-11-3-5-13-41(39)45(46-47-23-8-24-48-46)42-14-6-4-12-40(42)44/h1-28H. The third-order valence-corrected chi connectivity index (χ3v) is 9.90. The fraction of sp³-hybridized carbons (Fsp3) is 0. The first kappa shape index (κ1) is 26.8. The second-order valence-corrected chi connectivity index (χ2v) is 12.6. The average Bonchev–Trinajstić information content (AvgIpc) is 3.15. The molecule has 10 aromatic rings. The van der Waals surface area contributed by atoms with Gasteiger partial charge in [0.15, 0.2) is 5.82 Å². The van der Waals surface area contributed by atoms with E-state index in [2.05, 4.69) is 162 Å². The molecule has 10 rings (SSSR count). The lowest BCUT2D eigenvalue weighted by Crippen LogP contribution is -1.94. The topological polar surface area (TPSA) is 25.8 Å². The summed E-state index contributed by atoms with van der Waals surface area (Å²) in [5, 5.41) is 14.8. The number of benzene rings is 9. The highest BCUT2D eigenvalue weighted by molar-refractivity contribution is 6.21. The van der Waals surface area contributed by atoms with Gasteiger partial charge in [-0.25, -0.2) is 9.97 Å². The molecular weight excluding hydrogens is 581 g/mol. The quantitative estimate of drug-likeness (QED) is 0.147. The summed E-state index contributed by atoms with van der Waals surface area (Å²) in [6, 6.07) is 57.5. The maximum atomic E-state index is 4.66. The SMILES string of the molecule is c1cnc(-c2c3ccccc3c(-c3ccc4cc(-c5cccc6c5ccc5cc7ccccc7cc56)ccc4c3)c3ccccc23)nc1. The molecule has 1 heterocycles. The van der Waals surface area contributed by atoms with E-state index in [1.54, 1.807) is 0 Å². The summed E-state index contributed by atoms with van der Waals surface area (Å²) < 4.78 is 0. The van der Waals surface area contributed by atoms with Crippen molar-refractivity contribution in [2.45, 2.75) is 0 Å². The molecule has 0 bridgehead atoms. The van der Waals surface area contributed by atoms with Crippen molar-refractivity contribution in [2.24, 2.45) is 0 Å². The van der Waals surface area contributed by atoms with E-state index in [1.165, 1.54) is 76.1 Å². The van der Waals surface area contributed by atoms with Gasteiger partial charge in [0.1, 0.15) is 0 Å². The fourth-order valence-corrected chi connectivity index (χ4v) is 7.71. The molecule has 0 spiro atoms. The van der Waals surface area contributed by atoms with E-state index in [-0.39, 0.29) is 0 Å². The zero-order valence-electron chi connectivity index (χ0n) is 26.1. The van der Waals surface area contributed by atoms with Crippen molar-refractivity contribution in [2.75, 3.05) is 0 Å². The Morgan fingerprint density at radius 1 is 0.292 bits per heavy atom. The van der Waals surface area contributed by atoms with E-state index in [9.17, 15) is 0 Å². The summed E-state index contributed by atoms with van der Waals surface area (Å²) in [7, 11) is 0. The molecule has 0 aliphatic carbocycles. The van der Waals surface area contributed by atoms with Crippen LogP contribution in [0.1, 0.15) is 0 Å². The predicted molar refractivity (Wildman–Crippen MR) is 203 cm³/mol. The van der Waals surface area contributed by atoms with E-state index in [1.807, 2.05) is 18.5 Å². The summed E-state index contributed by atoms with van der Waals surface area (Å²) in [4.78, 5) is 9.32. The number of hydrogen-bond donors (Lipinski definition) is 0. The van der Waals surface area contributed by atoms with Crippen LogP contribution in [0.5, 0.6) is 0 Å². The average molecular weight is 609 g/mol. The molecule has 0 atom stereocenters. The van der Waals surface area contributed by atoms with Crippen LogP contribution in [-0.2, 0) is 0 Å². The smallest absolute Gasteiger partial charge is 0.160 e. The lowest BCUT2D eigenvalue weighted by atomic mass is 9.87. The number of rotatable bonds is 3. The minimum atomic E-state index is 0.747. The van der Waals surface area contributed by atoms with Crippen LogP contribution in [0.25, 0.3) is 98.3 Å². The molecule has 0 saturated heterocycles. The zero-order chi connectivity index (χ0) is 31.6. The van der Waals surface area contributed by atoms with Crippen molar-refractivity contribution in [1.82, 2.24) is 9.97 Å². The van der Waals surface area contributed by atoms with Crippen molar-refractivity contribution in [3.05, 3.63) is 170 Å². The normalized spacial score (nSPS) is 11.8. The molecule has 222 valence electrons. The van der Waals surface area contributed by atoms with Gasteiger partial charge in [0.2, 0.25) is 0 Å². The van der Waals surface area contributed by atoms with Crippen LogP contribution in [0, 0.1) is 0 Å². The number of hydrogen-bond acceptors (Lipinski definition) is 2. The van der Waals surface area contributed by atoms with Gasteiger partial charge in [-0.1, -0.05) is 127 Å². The molecule has 0 saturated carbocycles. The number of nitrogens with zero attached hydrogens (tertiary/aromatic N) is 2. The second kappa shape index (κ2) is 10.6. The summed E-state index contributed by atoms with van der Waals surface area (Å²) in [6.07, 6.45) is 3.64. The predicted octanol–water partition coefficient (Wildman–Crippen LogP) is 12.4. The van der Waals surface area contributed by atoms with Crippen LogP contribution in [0.4, 0.5) is 0 Å². The Hall–Kier alpha value is -6.38. The number of aromatic nitrogens is 2. The van der Waals surface area contributed by atoms with Gasteiger partial charge in [0.05, 0.1) is 0 Å². The minimum absolute atomic E-state index is 0.747. The fourth-order valence-electron chi connectivity index (χ4n) is 7.71. The Morgan fingerprint density at radius 2 is 0.833 bits per heavy atom. The third kappa shape index (κ3) is 4.13. The molecule has 0 aliphatic heterocycles. The Balaban J connectivity index is 1.14. The molecule has 0 amide bonds. The largest absolute Gasteiger partial charge is 0.237 e. The van der Waals surface area contributed by atoms with Crippen molar-refractivity contribution in [1.29, 1.82) is 0 Å². The Morgan fingerprint density at radius 3 is 1.54 bits per heavy atom. The van der Waals surface area contributed by atoms with Crippen LogP contribution >= 0.6 is 0 Å². The van der Waals surface area contributed by atoms with Gasteiger partial charge in [-0.15, -0.1) is 0 Å². The molecule has 9 aromatic carbocycles. The molecule has 0 N–H and O–H groups in total. The molecule has 2 heteroatoms. The van der Waals surface area contributed by atoms with Crippen LogP contribution in [0.2, 0.25) is 0 Å². The van der Waals surface area contributed by atoms with Crippen LogP contribution in [-0.4, -0.2) is 9.97 Å². The Bertz CT molecular complexity index is 2830. The molecule has 2 nitrogen and oxygen atoms in total. The second-order valence-electron chi connectivity index (χ2n) is 12.6. The summed E-state index contributed by atoms with van der Waals surface area (Å²) >= 11 is 0. The van der Waals surface area contributed by atoms with E-state index in [4.69, 9.17) is 0 Å². The summed E-state index contributed by atoms with van der Waals surface area (Å²) in [6.45, 7) is 0. The van der Waals surface area contributed by atoms with Crippen LogP contribution in [0.15, 0.2) is 170 Å². The Kier molecular flexibility index (Phi) is 5.91. The first-order valence-corrected chi connectivity index (χ1v) is 16.4. The molecule has 0 aliphatic rings. The highest BCUT2D eigenvalue weighted by atomic mass is 14.9. The lowest BCUT2D eigenvalue weighted by molar-refractivity contribution is 1.18. The first-order valence-electron chi connectivity index (χ1n) is 16.4. The van der Waals surface area contributed by atoms with Crippen molar-refractivity contribution in [3.8, 4) is 33.6 Å². The summed E-state index contributed by atoms with van der Waals surface area (Å²) in [5.74, 6) is 0.747. The zero-order valence-corrected chi connectivity index (χ0v) is 26.1. The van der Waals surface area contributed by atoms with Gasteiger partial charge < -0.3 is 0 Å². The number of fused-ring (bicyclic) bond motifs is 7. The van der Waals surface area contributed by atoms with Crippen LogP contribution < -0.4 is 0 Å². The van der Waals surface area contributed by atoms with Gasteiger partial charge in [-0.2, -0.15) is 0 Å². The molecule has 0 fully saturated rings. The summed E-state index contributed by atoms with van der Waals surface area (Å²) in [5.41, 5.74) is 5.99. The maximum Gasteiger partial charge on any atom is 0.160 e. The van der Waals surface area contributed by atoms with Crippen molar-refractivity contribution in [3.63, 3.8) is 0 Å². The van der Waals surface area contributed by atoms with Gasteiger partial charge in [-0.05, 0) is 117 Å². The highest BCUT2D eigenvalue weighted by Crippen LogP contribution is 2.43. The third-order valence-electron chi connectivity index (χ3n) is 9.90. The molecule has 0 radical (unpaired) electrons. The van der Waals surface area contributed by atoms with E-state index >= 15 is 0 Å². The molecule has 1 aromatic heterocycles. The molecule has 0 unspecified atom stereocenters. The monoisotopic (exact) mass is 608 g/mol. The van der Waals surface area contributed by atoms with Gasteiger partial charge in [0.25, 0.3) is 0 Å². The van der Waals surface area contributed by atoms with Crippen LogP contribution in [0.3, 0.4) is 0 Å². The Labute approximate surface area is 277 Å². The van der Waals surface area contributed by atoms with Crippen molar-refractivity contribution >= 4 is 64.6 Å². The minimum Gasteiger partial charge on any atom is -0.237 e. The van der Waals surface area contributed by atoms with Gasteiger partial charge in [-0.3, -0.25) is 0 Å². The molecule has 48 heavy (non-hydrogen) atoms. The van der Waals surface area contributed by atoms with Gasteiger partial charge in [0, 0.05) is 18.0 Å². The molecular formula is C46H28N2. The van der Waals surface area contributed by atoms with Crippen molar-refractivity contribution < 1.29 is 0 Å². The first-order chi connectivity index (χ1) is 23.8.